The van der Waals surface area contributed by atoms with Gasteiger partial charge in [0, 0.05) is 36.6 Å². The molecule has 2 aromatic rings. The molecule has 2 atom stereocenters. The second-order valence-corrected chi connectivity index (χ2v) is 11.7. The van der Waals surface area contributed by atoms with E-state index in [1.165, 1.54) is 29.6 Å². The lowest BCUT2D eigenvalue weighted by atomic mass is 9.93. The van der Waals surface area contributed by atoms with Crippen LogP contribution in [-0.2, 0) is 15.8 Å². The van der Waals surface area contributed by atoms with E-state index in [1.54, 1.807) is 11.0 Å². The minimum Gasteiger partial charge on any atom is -0.371 e. The Morgan fingerprint density at radius 3 is 2.45 bits per heavy atom. The first-order valence-electron chi connectivity index (χ1n) is 14.2. The summed E-state index contributed by atoms with van der Waals surface area (Å²) in [5.41, 5.74) is 0.989. The molecular weight excluding hydrogens is 535 g/mol. The lowest BCUT2D eigenvalue weighted by molar-refractivity contribution is -0.137. The summed E-state index contributed by atoms with van der Waals surface area (Å²) in [7, 11) is 0. The molecule has 1 saturated heterocycles. The molecule has 0 bridgehead atoms. The molecule has 0 radical (unpaired) electrons. The summed E-state index contributed by atoms with van der Waals surface area (Å²) in [6.07, 6.45) is 4.11. The molecule has 1 N–H and O–H groups in total. The van der Waals surface area contributed by atoms with E-state index in [-0.39, 0.29) is 29.7 Å². The van der Waals surface area contributed by atoms with Crippen LogP contribution in [-0.4, -0.2) is 54.2 Å². The first kappa shape index (κ1) is 30.0. The van der Waals surface area contributed by atoms with Crippen molar-refractivity contribution in [2.75, 3.05) is 31.1 Å². The number of para-hydroxylation sites is 1. The lowest BCUT2D eigenvalue weighted by Crippen LogP contribution is -2.54. The number of unbranched alkanes of at least 4 members (excludes halogenated alkanes) is 1. The molecule has 2 aliphatic rings. The van der Waals surface area contributed by atoms with E-state index in [1.807, 2.05) is 18.2 Å². The van der Waals surface area contributed by atoms with E-state index >= 15 is 0 Å². The first-order valence-corrected chi connectivity index (χ1v) is 15.1. The first-order chi connectivity index (χ1) is 19.3. The molecule has 2 unspecified atom stereocenters. The highest BCUT2D eigenvalue weighted by atomic mass is 32.2. The van der Waals surface area contributed by atoms with Gasteiger partial charge in [0.2, 0.25) is 5.91 Å². The number of nitrogens with one attached hydrogen (secondary N) is 1. The Balaban J connectivity index is 1.36. The maximum atomic E-state index is 13.5. The molecule has 1 aliphatic heterocycles. The summed E-state index contributed by atoms with van der Waals surface area (Å²) in [4.78, 5) is 31.0. The number of nitrogens with zero attached hydrogens (tertiary/aromatic N) is 2. The Kier molecular flexibility index (Phi) is 10.6. The van der Waals surface area contributed by atoms with Gasteiger partial charge in [-0.1, -0.05) is 56.5 Å². The SMILES string of the molecule is CCCCN(CCCNC(=O)CN1C(=O)/C(=C/c2ccc(C(F)(F)F)cc2)SC2CCCCC21)c1ccccc1. The fraction of sp³-hybridized carbons (Fsp3) is 0.484. The van der Waals surface area contributed by atoms with Crippen LogP contribution in [0.25, 0.3) is 6.08 Å². The van der Waals surface area contributed by atoms with Gasteiger partial charge in [-0.15, -0.1) is 11.8 Å². The molecule has 2 fully saturated rings. The number of thioether (sulfide) groups is 1. The van der Waals surface area contributed by atoms with E-state index in [0.717, 1.165) is 70.2 Å². The minimum atomic E-state index is -4.41. The van der Waals surface area contributed by atoms with E-state index in [2.05, 4.69) is 29.3 Å². The number of fused-ring (bicyclic) bond motifs is 1. The smallest absolute Gasteiger partial charge is 0.371 e. The molecule has 2 amide bonds. The number of hydrogen-bond acceptors (Lipinski definition) is 4. The second-order valence-electron chi connectivity index (χ2n) is 10.4. The van der Waals surface area contributed by atoms with Gasteiger partial charge in [-0.25, -0.2) is 0 Å². The van der Waals surface area contributed by atoms with E-state index < -0.39 is 11.7 Å². The number of hydrogen-bond donors (Lipinski definition) is 1. The number of carbonyl (C=O) groups excluding carboxylic acids is 2. The Morgan fingerprint density at radius 1 is 1.05 bits per heavy atom. The topological polar surface area (TPSA) is 52.7 Å². The van der Waals surface area contributed by atoms with Crippen LogP contribution in [0.2, 0.25) is 0 Å². The van der Waals surface area contributed by atoms with Crippen molar-refractivity contribution in [2.45, 2.75) is 69.3 Å². The standard InChI is InChI=1S/C31H38F3N3O2S/c1-2-3-19-36(25-10-5-4-6-11-25)20-9-18-35-29(38)22-37-26-12-7-8-13-27(26)40-28(30(37)39)21-23-14-16-24(17-15-23)31(32,33)34/h4-6,10-11,14-17,21,26-27H,2-3,7-9,12-13,18-20,22H2,1H3,(H,35,38)/b28-21-. The molecule has 0 spiro atoms. The van der Waals surface area contributed by atoms with E-state index in [4.69, 9.17) is 0 Å². The Bertz CT molecular complexity index is 1150. The van der Waals surface area contributed by atoms with Gasteiger partial charge in [-0.3, -0.25) is 9.59 Å². The highest BCUT2D eigenvalue weighted by Crippen LogP contribution is 2.42. The zero-order chi connectivity index (χ0) is 28.5. The van der Waals surface area contributed by atoms with Crippen molar-refractivity contribution < 1.29 is 22.8 Å². The molecule has 4 rings (SSSR count). The molecule has 5 nitrogen and oxygen atoms in total. The highest BCUT2D eigenvalue weighted by Gasteiger charge is 2.41. The minimum absolute atomic E-state index is 0.00984. The molecule has 40 heavy (non-hydrogen) atoms. The lowest BCUT2D eigenvalue weighted by Gasteiger charge is -2.43. The fourth-order valence-electron chi connectivity index (χ4n) is 5.35. The summed E-state index contributed by atoms with van der Waals surface area (Å²) in [5, 5.41) is 3.18. The number of carbonyl (C=O) groups is 2. The van der Waals surface area contributed by atoms with Crippen LogP contribution >= 0.6 is 11.8 Å². The molecule has 1 heterocycles. The van der Waals surface area contributed by atoms with E-state index in [0.29, 0.717) is 17.0 Å². The van der Waals surface area contributed by atoms with Gasteiger partial charge < -0.3 is 15.1 Å². The van der Waals surface area contributed by atoms with Crippen molar-refractivity contribution >= 4 is 35.3 Å². The number of amides is 2. The molecule has 9 heteroatoms. The van der Waals surface area contributed by atoms with Crippen LogP contribution in [0.4, 0.5) is 18.9 Å². The maximum Gasteiger partial charge on any atom is 0.416 e. The number of alkyl halides is 3. The second kappa shape index (κ2) is 14.1. The largest absolute Gasteiger partial charge is 0.416 e. The Hall–Kier alpha value is -2.94. The van der Waals surface area contributed by atoms with Gasteiger partial charge >= 0.3 is 6.18 Å². The average Bonchev–Trinajstić information content (AvgIpc) is 2.95. The zero-order valence-electron chi connectivity index (χ0n) is 23.0. The van der Waals surface area contributed by atoms with Crippen LogP contribution < -0.4 is 10.2 Å². The van der Waals surface area contributed by atoms with Gasteiger partial charge in [-0.2, -0.15) is 13.2 Å². The Morgan fingerprint density at radius 2 is 1.75 bits per heavy atom. The Labute approximate surface area is 239 Å². The third-order valence-electron chi connectivity index (χ3n) is 7.50. The zero-order valence-corrected chi connectivity index (χ0v) is 23.8. The molecule has 1 aliphatic carbocycles. The predicted molar refractivity (Wildman–Crippen MR) is 156 cm³/mol. The van der Waals surface area contributed by atoms with Crippen molar-refractivity contribution in [3.05, 3.63) is 70.6 Å². The number of benzene rings is 2. The molecule has 216 valence electrons. The molecule has 1 saturated carbocycles. The third-order valence-corrected chi connectivity index (χ3v) is 8.90. The van der Waals surface area contributed by atoms with Gasteiger partial charge in [0.25, 0.3) is 5.91 Å². The van der Waals surface area contributed by atoms with Crippen molar-refractivity contribution in [2.24, 2.45) is 0 Å². The van der Waals surface area contributed by atoms with E-state index in [9.17, 15) is 22.8 Å². The molecule has 2 aromatic carbocycles. The van der Waals surface area contributed by atoms with Gasteiger partial charge in [-0.05, 0) is 61.6 Å². The normalized spacial score (nSPS) is 20.4. The quantitative estimate of drug-likeness (QED) is 0.239. The summed E-state index contributed by atoms with van der Waals surface area (Å²) >= 11 is 1.50. The summed E-state index contributed by atoms with van der Waals surface area (Å²) < 4.78 is 38.9. The summed E-state index contributed by atoms with van der Waals surface area (Å²) in [6, 6.07) is 15.1. The molecular formula is C31H38F3N3O2S. The van der Waals surface area contributed by atoms with Crippen LogP contribution in [0.15, 0.2) is 59.5 Å². The summed E-state index contributed by atoms with van der Waals surface area (Å²) in [5.74, 6) is -0.406. The van der Waals surface area contributed by atoms with Gasteiger partial charge in [0.05, 0.1) is 10.5 Å². The van der Waals surface area contributed by atoms with Crippen LogP contribution in [0, 0.1) is 0 Å². The average molecular weight is 574 g/mol. The van der Waals surface area contributed by atoms with Crippen molar-refractivity contribution in [3.8, 4) is 0 Å². The van der Waals surface area contributed by atoms with Crippen molar-refractivity contribution in [1.82, 2.24) is 10.2 Å². The highest BCUT2D eigenvalue weighted by molar-refractivity contribution is 8.04. The molecule has 0 aromatic heterocycles. The number of halogens is 3. The van der Waals surface area contributed by atoms with Crippen molar-refractivity contribution in [3.63, 3.8) is 0 Å². The number of anilines is 1. The maximum absolute atomic E-state index is 13.5. The third kappa shape index (κ3) is 8.05. The van der Waals surface area contributed by atoms with Gasteiger partial charge in [0.1, 0.15) is 6.54 Å². The fourth-order valence-corrected chi connectivity index (χ4v) is 6.82. The van der Waals surface area contributed by atoms with Crippen LogP contribution in [0.1, 0.15) is 63.0 Å². The monoisotopic (exact) mass is 573 g/mol. The van der Waals surface area contributed by atoms with Crippen LogP contribution in [0.3, 0.4) is 0 Å². The van der Waals surface area contributed by atoms with Crippen LogP contribution in [0.5, 0.6) is 0 Å². The van der Waals surface area contributed by atoms with Gasteiger partial charge in [0.15, 0.2) is 0 Å². The number of rotatable bonds is 11. The summed E-state index contributed by atoms with van der Waals surface area (Å²) in [6.45, 7) is 4.47. The predicted octanol–water partition coefficient (Wildman–Crippen LogP) is 6.75. The van der Waals surface area contributed by atoms with Crippen molar-refractivity contribution in [1.29, 1.82) is 0 Å².